The average Bonchev–Trinajstić information content (AvgIpc) is 3.51. The van der Waals surface area contributed by atoms with Gasteiger partial charge in [-0.25, -0.2) is 4.98 Å². The summed E-state index contributed by atoms with van der Waals surface area (Å²) in [6.45, 7) is 16.1. The summed E-state index contributed by atoms with van der Waals surface area (Å²) in [7, 11) is -2.02. The Morgan fingerprint density at radius 1 is 1.05 bits per heavy atom. The summed E-state index contributed by atoms with van der Waals surface area (Å²) in [6, 6.07) is 11.4. The maximum absolute atomic E-state index is 12.0. The zero-order valence-corrected chi connectivity index (χ0v) is 28.1. The van der Waals surface area contributed by atoms with Gasteiger partial charge in [0, 0.05) is 22.8 Å². The number of amides is 1. The minimum Gasteiger partial charge on any atom is -0.485 e. The molecule has 1 aromatic carbocycles. The Hall–Kier alpha value is -2.69. The first-order valence-electron chi connectivity index (χ1n) is 14.4. The summed E-state index contributed by atoms with van der Waals surface area (Å²) < 4.78 is 15.3. The number of halogens is 1. The number of imidazole rings is 1. The zero-order valence-electron chi connectivity index (χ0n) is 25.5. The number of nitrogens with zero attached hydrogens (tertiary/aromatic N) is 2. The number of fused-ring (bicyclic) bond motifs is 1. The van der Waals surface area contributed by atoms with E-state index in [2.05, 4.69) is 63.2 Å². The number of aliphatic hydroxyl groups is 1. The molecule has 0 spiro atoms. The van der Waals surface area contributed by atoms with Gasteiger partial charge in [-0.05, 0) is 46.8 Å². The van der Waals surface area contributed by atoms with E-state index in [1.54, 1.807) is 6.07 Å². The van der Waals surface area contributed by atoms with Gasteiger partial charge in [0.05, 0.1) is 41.3 Å². The van der Waals surface area contributed by atoms with Crippen molar-refractivity contribution < 1.29 is 19.1 Å². The van der Waals surface area contributed by atoms with Gasteiger partial charge in [0.2, 0.25) is 14.2 Å². The highest BCUT2D eigenvalue weighted by atomic mass is 35.5. The number of carbonyl (C=O) groups excluding carboxylic acids is 1. The van der Waals surface area contributed by atoms with E-state index in [0.29, 0.717) is 34.0 Å². The van der Waals surface area contributed by atoms with Crippen molar-refractivity contribution in [1.29, 1.82) is 0 Å². The Morgan fingerprint density at radius 2 is 1.71 bits per heavy atom. The highest BCUT2D eigenvalue weighted by Crippen LogP contribution is 2.43. The van der Waals surface area contributed by atoms with Crippen LogP contribution in [0.3, 0.4) is 0 Å². The zero-order chi connectivity index (χ0) is 30.8. The smallest absolute Gasteiger partial charge is 0.222 e. The first-order chi connectivity index (χ1) is 19.9. The van der Waals surface area contributed by atoms with E-state index in [9.17, 15) is 9.90 Å². The molecule has 4 aromatic rings. The normalized spacial score (nSPS) is 13.0. The minimum atomic E-state index is -2.02. The molecule has 3 N–H and O–H groups in total. The molecule has 0 aliphatic rings. The molecule has 4 rings (SSSR count). The van der Waals surface area contributed by atoms with Gasteiger partial charge in [-0.2, -0.15) is 0 Å². The van der Waals surface area contributed by atoms with Crippen LogP contribution in [0, 0.1) is 0 Å². The van der Waals surface area contributed by atoms with Crippen LogP contribution in [0.4, 0.5) is 0 Å². The van der Waals surface area contributed by atoms with E-state index in [4.69, 9.17) is 26.5 Å². The SMILES string of the molecule is CC(C)[Si](OCc1ccc2ncc(-c3cc(O[C@H](C)c4ccc(CO)cc4Cl)c(CC(N)=O)s3)n2c1)(C(C)C)C(C)C. The lowest BCUT2D eigenvalue weighted by atomic mass is 10.1. The molecule has 42 heavy (non-hydrogen) atoms. The van der Waals surface area contributed by atoms with Crippen LogP contribution in [0.25, 0.3) is 16.2 Å². The van der Waals surface area contributed by atoms with Crippen molar-refractivity contribution in [3.63, 3.8) is 0 Å². The second kappa shape index (κ2) is 13.3. The fourth-order valence-corrected chi connectivity index (χ4v) is 13.1. The maximum Gasteiger partial charge on any atom is 0.222 e. The van der Waals surface area contributed by atoms with Gasteiger partial charge in [-0.3, -0.25) is 9.20 Å². The number of hydrogen-bond donors (Lipinski definition) is 2. The van der Waals surface area contributed by atoms with Gasteiger partial charge < -0.3 is 20.0 Å². The summed E-state index contributed by atoms with van der Waals surface area (Å²) in [5.41, 5.74) is 11.4. The molecule has 0 bridgehead atoms. The second-order valence-corrected chi connectivity index (χ2v) is 18.8. The molecule has 1 atom stereocenters. The molecule has 0 saturated heterocycles. The Balaban J connectivity index is 1.66. The molecule has 0 aliphatic carbocycles. The van der Waals surface area contributed by atoms with E-state index < -0.39 is 20.3 Å². The average molecular weight is 628 g/mol. The first-order valence-corrected chi connectivity index (χ1v) is 17.8. The third-order valence-corrected chi connectivity index (χ3v) is 15.6. The maximum atomic E-state index is 12.0. The number of aromatic nitrogens is 2. The van der Waals surface area contributed by atoms with E-state index in [-0.39, 0.29) is 13.0 Å². The van der Waals surface area contributed by atoms with E-state index in [1.807, 2.05) is 37.4 Å². The number of benzene rings is 1. The van der Waals surface area contributed by atoms with Crippen LogP contribution in [0.2, 0.25) is 21.6 Å². The van der Waals surface area contributed by atoms with E-state index in [0.717, 1.165) is 37.8 Å². The fraction of sp³-hybridized carbons (Fsp3) is 0.438. The van der Waals surface area contributed by atoms with Crippen LogP contribution in [0.15, 0.2) is 48.8 Å². The molecular formula is C32H42ClN3O4SSi. The Kier molecular flexibility index (Phi) is 10.2. The van der Waals surface area contributed by atoms with Crippen molar-refractivity contribution >= 4 is 42.8 Å². The van der Waals surface area contributed by atoms with Crippen LogP contribution in [-0.2, 0) is 28.9 Å². The molecule has 1 amide bonds. The number of rotatable bonds is 13. The Labute approximate surface area is 258 Å². The molecule has 0 aliphatic heterocycles. The lowest BCUT2D eigenvalue weighted by molar-refractivity contribution is -0.117. The summed E-state index contributed by atoms with van der Waals surface area (Å²) in [4.78, 5) is 18.2. The highest BCUT2D eigenvalue weighted by Gasteiger charge is 2.45. The number of carbonyl (C=O) groups is 1. The highest BCUT2D eigenvalue weighted by molar-refractivity contribution is 7.15. The van der Waals surface area contributed by atoms with Crippen LogP contribution < -0.4 is 10.5 Å². The summed E-state index contributed by atoms with van der Waals surface area (Å²) >= 11 is 7.95. The lowest BCUT2D eigenvalue weighted by Gasteiger charge is -2.42. The number of pyridine rings is 1. The van der Waals surface area contributed by atoms with Crippen LogP contribution in [-0.4, -0.2) is 28.7 Å². The third kappa shape index (κ3) is 6.60. The van der Waals surface area contributed by atoms with Gasteiger partial charge >= 0.3 is 0 Å². The largest absolute Gasteiger partial charge is 0.485 e. The van der Waals surface area contributed by atoms with E-state index >= 15 is 0 Å². The standard InChI is InChI=1S/C32H42ClN3O4SSi/c1-19(2)42(20(3)4,21(5)6)39-18-24-9-11-32-35-15-27(36(32)16-24)29-13-28(30(41-29)14-31(34)38)40-22(7)25-10-8-23(17-37)12-26(25)33/h8-13,15-16,19-22,37H,14,17-18H2,1-7H3,(H2,34,38)/t22-/m1/s1. The molecule has 0 fully saturated rings. The topological polar surface area (TPSA) is 99.1 Å². The summed E-state index contributed by atoms with van der Waals surface area (Å²) in [6.07, 6.45) is 3.60. The number of ether oxygens (including phenoxy) is 1. The lowest BCUT2D eigenvalue weighted by Crippen LogP contribution is -2.47. The number of nitrogens with two attached hydrogens (primary N) is 1. The van der Waals surface area contributed by atoms with Crippen molar-refractivity contribution in [2.75, 3.05) is 0 Å². The quantitative estimate of drug-likeness (QED) is 0.146. The molecule has 10 heteroatoms. The van der Waals surface area contributed by atoms with Crippen LogP contribution in [0.1, 0.15) is 76.1 Å². The van der Waals surface area contributed by atoms with Gasteiger partial charge in [-0.15, -0.1) is 11.3 Å². The van der Waals surface area contributed by atoms with Crippen LogP contribution in [0.5, 0.6) is 5.75 Å². The predicted octanol–water partition coefficient (Wildman–Crippen LogP) is 8.07. The molecule has 0 radical (unpaired) electrons. The van der Waals surface area contributed by atoms with Gasteiger partial charge in [0.1, 0.15) is 17.5 Å². The molecular weight excluding hydrogens is 586 g/mol. The molecule has 0 saturated carbocycles. The van der Waals surface area contributed by atoms with Crippen molar-refractivity contribution in [2.45, 2.75) is 90.8 Å². The van der Waals surface area contributed by atoms with Crippen molar-refractivity contribution in [3.8, 4) is 16.3 Å². The number of primary amides is 1. The van der Waals surface area contributed by atoms with E-state index in [1.165, 1.54) is 11.3 Å². The van der Waals surface area contributed by atoms with Crippen molar-refractivity contribution in [2.24, 2.45) is 5.73 Å². The number of hydrogen-bond acceptors (Lipinski definition) is 6. The molecule has 3 aromatic heterocycles. The predicted molar refractivity (Wildman–Crippen MR) is 174 cm³/mol. The molecule has 226 valence electrons. The van der Waals surface area contributed by atoms with Crippen molar-refractivity contribution in [3.05, 3.63) is 75.4 Å². The molecule has 3 heterocycles. The number of thiophene rings is 1. The third-order valence-electron chi connectivity index (χ3n) is 8.11. The van der Waals surface area contributed by atoms with Crippen LogP contribution >= 0.6 is 22.9 Å². The molecule has 7 nitrogen and oxygen atoms in total. The van der Waals surface area contributed by atoms with Gasteiger partial charge in [-0.1, -0.05) is 71.3 Å². The first kappa shape index (κ1) is 32.2. The van der Waals surface area contributed by atoms with Gasteiger partial charge in [0.25, 0.3) is 0 Å². The molecule has 0 unspecified atom stereocenters. The summed E-state index contributed by atoms with van der Waals surface area (Å²) in [5, 5.41) is 9.93. The monoisotopic (exact) mass is 627 g/mol. The second-order valence-electron chi connectivity index (χ2n) is 11.8. The Bertz CT molecular complexity index is 1530. The number of aliphatic hydroxyl groups excluding tert-OH is 1. The fourth-order valence-electron chi connectivity index (χ4n) is 6.17. The van der Waals surface area contributed by atoms with Crippen molar-refractivity contribution in [1.82, 2.24) is 9.38 Å². The minimum absolute atomic E-state index is 0.0616. The Morgan fingerprint density at radius 3 is 2.31 bits per heavy atom. The summed E-state index contributed by atoms with van der Waals surface area (Å²) in [5.74, 6) is 0.150. The van der Waals surface area contributed by atoms with Gasteiger partial charge in [0.15, 0.2) is 0 Å².